The molecule has 0 aliphatic rings. The van der Waals surface area contributed by atoms with Gasteiger partial charge in [0, 0.05) is 25.3 Å². The van der Waals surface area contributed by atoms with Crippen molar-refractivity contribution in [2.24, 2.45) is 5.10 Å². The van der Waals surface area contributed by atoms with Gasteiger partial charge in [-0.15, -0.1) is 0 Å². The van der Waals surface area contributed by atoms with E-state index in [2.05, 4.69) is 20.7 Å². The van der Waals surface area contributed by atoms with E-state index < -0.39 is 0 Å². The van der Waals surface area contributed by atoms with Crippen LogP contribution in [0.4, 0.5) is 5.69 Å². The number of amides is 1. The van der Waals surface area contributed by atoms with Crippen LogP contribution in [0.1, 0.15) is 23.0 Å². The number of anilines is 1. The van der Waals surface area contributed by atoms with Gasteiger partial charge in [-0.05, 0) is 42.8 Å². The van der Waals surface area contributed by atoms with Gasteiger partial charge in [0.1, 0.15) is 11.4 Å². The van der Waals surface area contributed by atoms with Crippen molar-refractivity contribution in [1.29, 1.82) is 0 Å². The predicted molar refractivity (Wildman–Crippen MR) is 111 cm³/mol. The van der Waals surface area contributed by atoms with Gasteiger partial charge >= 0.3 is 0 Å². The molecule has 28 heavy (non-hydrogen) atoms. The largest absolute Gasteiger partial charge is 0.494 e. The van der Waals surface area contributed by atoms with Crippen LogP contribution in [-0.4, -0.2) is 43.0 Å². The SMILES string of the molecule is CCOc1cccc(-c2cc(C(=O)N/N=C/c3ccc(N(C)C)cc3)[nH]n2)c1. The molecule has 3 rings (SSSR count). The Labute approximate surface area is 164 Å². The van der Waals surface area contributed by atoms with E-state index in [1.807, 2.05) is 74.4 Å². The average molecular weight is 377 g/mol. The fraction of sp³-hybridized carbons (Fsp3) is 0.190. The first-order chi connectivity index (χ1) is 13.6. The van der Waals surface area contributed by atoms with Crippen molar-refractivity contribution in [3.63, 3.8) is 0 Å². The number of nitrogens with one attached hydrogen (secondary N) is 2. The molecule has 0 bridgehead atoms. The summed E-state index contributed by atoms with van der Waals surface area (Å²) in [6.07, 6.45) is 1.60. The highest BCUT2D eigenvalue weighted by molar-refractivity contribution is 5.94. The smallest absolute Gasteiger partial charge is 0.289 e. The summed E-state index contributed by atoms with van der Waals surface area (Å²) in [5.41, 5.74) is 6.35. The Morgan fingerprint density at radius 1 is 1.21 bits per heavy atom. The number of benzene rings is 2. The normalized spacial score (nSPS) is 10.8. The molecule has 3 aromatic rings. The summed E-state index contributed by atoms with van der Waals surface area (Å²) in [6, 6.07) is 17.1. The molecule has 7 nitrogen and oxygen atoms in total. The molecule has 0 atom stereocenters. The van der Waals surface area contributed by atoms with Crippen molar-refractivity contribution in [3.8, 4) is 17.0 Å². The van der Waals surface area contributed by atoms with Gasteiger partial charge in [0.05, 0.1) is 18.5 Å². The second-order valence-corrected chi connectivity index (χ2v) is 6.31. The number of carbonyl (C=O) groups excluding carboxylic acids is 1. The Morgan fingerprint density at radius 3 is 2.71 bits per heavy atom. The topological polar surface area (TPSA) is 82.6 Å². The van der Waals surface area contributed by atoms with Crippen LogP contribution in [-0.2, 0) is 0 Å². The van der Waals surface area contributed by atoms with Crippen LogP contribution < -0.4 is 15.1 Å². The molecule has 0 aliphatic carbocycles. The third-order valence-electron chi connectivity index (χ3n) is 4.05. The monoisotopic (exact) mass is 377 g/mol. The Hall–Kier alpha value is -3.61. The highest BCUT2D eigenvalue weighted by atomic mass is 16.5. The zero-order valence-electron chi connectivity index (χ0n) is 16.1. The number of carbonyl (C=O) groups is 1. The van der Waals surface area contributed by atoms with Crippen molar-refractivity contribution in [3.05, 3.63) is 65.9 Å². The number of hydrazone groups is 1. The molecule has 1 amide bonds. The Bertz CT molecular complexity index is 961. The number of aromatic amines is 1. The van der Waals surface area contributed by atoms with Gasteiger partial charge in [-0.3, -0.25) is 9.89 Å². The molecule has 7 heteroatoms. The average Bonchev–Trinajstić information content (AvgIpc) is 3.19. The van der Waals surface area contributed by atoms with Gasteiger partial charge in [-0.1, -0.05) is 24.3 Å². The van der Waals surface area contributed by atoms with Crippen LogP contribution in [0.5, 0.6) is 5.75 Å². The molecule has 0 fully saturated rings. The van der Waals surface area contributed by atoms with Crippen LogP contribution in [0.15, 0.2) is 59.7 Å². The fourth-order valence-electron chi connectivity index (χ4n) is 2.58. The van der Waals surface area contributed by atoms with E-state index in [-0.39, 0.29) is 5.91 Å². The molecule has 0 saturated heterocycles. The number of ether oxygens (including phenoxy) is 1. The second-order valence-electron chi connectivity index (χ2n) is 6.31. The minimum absolute atomic E-state index is 0.330. The molecule has 1 aromatic heterocycles. The zero-order valence-corrected chi connectivity index (χ0v) is 16.1. The zero-order chi connectivity index (χ0) is 19.9. The lowest BCUT2D eigenvalue weighted by molar-refractivity contribution is 0.0950. The predicted octanol–water partition coefficient (Wildman–Crippen LogP) is 3.31. The lowest BCUT2D eigenvalue weighted by Crippen LogP contribution is -2.18. The molecule has 0 aliphatic heterocycles. The summed E-state index contributed by atoms with van der Waals surface area (Å²) in [4.78, 5) is 14.3. The first kappa shape index (κ1) is 19.2. The molecular formula is C21H23N5O2. The first-order valence-corrected chi connectivity index (χ1v) is 8.96. The van der Waals surface area contributed by atoms with E-state index in [1.165, 1.54) is 0 Å². The quantitative estimate of drug-likeness (QED) is 0.489. The van der Waals surface area contributed by atoms with E-state index in [0.717, 1.165) is 22.6 Å². The van der Waals surface area contributed by atoms with Crippen LogP contribution in [0.3, 0.4) is 0 Å². The summed E-state index contributed by atoms with van der Waals surface area (Å²) >= 11 is 0. The van der Waals surface area contributed by atoms with E-state index in [1.54, 1.807) is 12.3 Å². The number of hydrogen-bond acceptors (Lipinski definition) is 5. The third-order valence-corrected chi connectivity index (χ3v) is 4.05. The maximum absolute atomic E-state index is 12.3. The van der Waals surface area contributed by atoms with Crippen LogP contribution in [0, 0.1) is 0 Å². The highest BCUT2D eigenvalue weighted by Crippen LogP contribution is 2.22. The molecular weight excluding hydrogens is 354 g/mol. The summed E-state index contributed by atoms with van der Waals surface area (Å²) < 4.78 is 5.50. The second kappa shape index (κ2) is 8.85. The summed E-state index contributed by atoms with van der Waals surface area (Å²) in [7, 11) is 3.96. The minimum Gasteiger partial charge on any atom is -0.494 e. The number of H-pyrrole nitrogens is 1. The Kier molecular flexibility index (Phi) is 6.06. The van der Waals surface area contributed by atoms with Crippen molar-refractivity contribution in [2.45, 2.75) is 6.92 Å². The Balaban J connectivity index is 1.63. The number of nitrogens with zero attached hydrogens (tertiary/aromatic N) is 3. The number of rotatable bonds is 7. The van der Waals surface area contributed by atoms with E-state index >= 15 is 0 Å². The maximum atomic E-state index is 12.3. The summed E-state index contributed by atoms with van der Waals surface area (Å²) in [5.74, 6) is 0.403. The lowest BCUT2D eigenvalue weighted by atomic mass is 10.1. The van der Waals surface area contributed by atoms with Crippen molar-refractivity contribution < 1.29 is 9.53 Å². The standard InChI is InChI=1S/C21H23N5O2/c1-4-28-18-7-5-6-16(12-18)19-13-20(24-23-19)21(27)25-22-14-15-8-10-17(11-9-15)26(2)3/h5-14H,4H2,1-3H3,(H,23,24)(H,25,27)/b22-14+. The van der Waals surface area contributed by atoms with E-state index in [9.17, 15) is 4.79 Å². The van der Waals surface area contributed by atoms with Crippen molar-refractivity contribution >= 4 is 17.8 Å². The molecule has 0 saturated carbocycles. The molecule has 0 spiro atoms. The van der Waals surface area contributed by atoms with Gasteiger partial charge in [-0.25, -0.2) is 5.43 Å². The van der Waals surface area contributed by atoms with Gasteiger partial charge < -0.3 is 9.64 Å². The third kappa shape index (κ3) is 4.76. The fourth-order valence-corrected chi connectivity index (χ4v) is 2.58. The van der Waals surface area contributed by atoms with E-state index in [4.69, 9.17) is 4.74 Å². The molecule has 0 unspecified atom stereocenters. The maximum Gasteiger partial charge on any atom is 0.289 e. The molecule has 2 N–H and O–H groups in total. The lowest BCUT2D eigenvalue weighted by Gasteiger charge is -2.11. The van der Waals surface area contributed by atoms with Crippen molar-refractivity contribution in [1.82, 2.24) is 15.6 Å². The van der Waals surface area contributed by atoms with Gasteiger partial charge in [0.25, 0.3) is 5.91 Å². The van der Waals surface area contributed by atoms with Gasteiger partial charge in [-0.2, -0.15) is 10.2 Å². The number of hydrogen-bond donors (Lipinski definition) is 2. The van der Waals surface area contributed by atoms with Crippen LogP contribution in [0.2, 0.25) is 0 Å². The minimum atomic E-state index is -0.360. The van der Waals surface area contributed by atoms with E-state index in [0.29, 0.717) is 18.0 Å². The number of aromatic nitrogens is 2. The van der Waals surface area contributed by atoms with Crippen molar-refractivity contribution in [2.75, 3.05) is 25.6 Å². The molecule has 0 radical (unpaired) electrons. The Morgan fingerprint density at radius 2 is 2.00 bits per heavy atom. The van der Waals surface area contributed by atoms with Gasteiger partial charge in [0.2, 0.25) is 0 Å². The molecule has 1 heterocycles. The van der Waals surface area contributed by atoms with Crippen LogP contribution in [0.25, 0.3) is 11.3 Å². The summed E-state index contributed by atoms with van der Waals surface area (Å²) in [6.45, 7) is 2.52. The van der Waals surface area contributed by atoms with Gasteiger partial charge in [0.15, 0.2) is 0 Å². The molecule has 144 valence electrons. The molecule has 2 aromatic carbocycles. The highest BCUT2D eigenvalue weighted by Gasteiger charge is 2.11. The first-order valence-electron chi connectivity index (χ1n) is 8.96. The summed E-state index contributed by atoms with van der Waals surface area (Å²) in [5, 5.41) is 11.0. The van der Waals surface area contributed by atoms with Crippen LogP contribution >= 0.6 is 0 Å².